The largest absolute Gasteiger partial charge is 0.534 e. The van der Waals surface area contributed by atoms with Gasteiger partial charge in [-0.25, -0.2) is 0 Å². The minimum absolute atomic E-state index is 0.102. The molecule has 0 saturated carbocycles. The number of ether oxygens (including phenoxy) is 6. The summed E-state index contributed by atoms with van der Waals surface area (Å²) in [7, 11) is 3.92. The van der Waals surface area contributed by atoms with E-state index in [-0.39, 0.29) is 22.4 Å². The number of fused-ring (bicyclic) bond motifs is 16. The van der Waals surface area contributed by atoms with Crippen LogP contribution in [0.25, 0.3) is 87.6 Å². The molecule has 2 N–H and O–H groups in total. The number of rotatable bonds is 18. The number of benzene rings is 12. The average Bonchev–Trinajstić information content (AvgIpc) is 1.56. The van der Waals surface area contributed by atoms with Crippen molar-refractivity contribution in [1.29, 1.82) is 0 Å². The molecule has 0 spiro atoms. The fraction of sp³-hybridized carbons (Fsp3) is 0.289. The first-order chi connectivity index (χ1) is 51.2. The summed E-state index contributed by atoms with van der Waals surface area (Å²) >= 11 is 6.62. The highest BCUT2D eigenvalue weighted by Crippen LogP contribution is 2.54. The van der Waals surface area contributed by atoms with E-state index in [9.17, 15) is 31.8 Å². The maximum atomic E-state index is 13.1. The maximum Gasteiger partial charge on any atom is 0.534 e. The van der Waals surface area contributed by atoms with Crippen LogP contribution in [0.15, 0.2) is 152 Å². The number of hydrogen-bond acceptors (Lipinski definition) is 11. The van der Waals surface area contributed by atoms with Crippen LogP contribution in [0.3, 0.4) is 0 Å². The smallest absolute Gasteiger partial charge is 0.508 e. The molecule has 0 bridgehead atoms. The van der Waals surface area contributed by atoms with Crippen molar-refractivity contribution >= 4 is 64.8 Å². The highest BCUT2D eigenvalue weighted by molar-refractivity contribution is 7.88. The van der Waals surface area contributed by atoms with Crippen LogP contribution in [-0.2, 0) is 67.9 Å². The van der Waals surface area contributed by atoms with Crippen LogP contribution in [0.2, 0.25) is 5.02 Å². The summed E-state index contributed by atoms with van der Waals surface area (Å²) in [6, 6.07) is 49.6. The topological polar surface area (TPSA) is 139 Å². The van der Waals surface area contributed by atoms with E-state index >= 15 is 0 Å². The van der Waals surface area contributed by atoms with E-state index in [1.165, 1.54) is 147 Å². The molecule has 11 nitrogen and oxygen atoms in total. The SMILES string of the molecule is CCCc1c2c(c(CCC)c3ccc(O)cc13)-c1ccc(O)cc1C2.CCCc1c2c(c(CCC)c3ccc(OC)cc13)-c1ccc(OC)cc1C2.CCCc1c2c(cc3ccc(OC)cc13)-c1ccc(OC)cc1C2.COc1ccc2c(c1)Cc1c-2c(Cl)c2ccc(OC)cc2c1OS(=O)(=O)C(F)(F)F. The summed E-state index contributed by atoms with van der Waals surface area (Å²) in [5, 5.41) is 28.6. The molecule has 106 heavy (non-hydrogen) atoms. The minimum atomic E-state index is -5.90. The lowest BCUT2D eigenvalue weighted by atomic mass is 9.85. The molecule has 12 aromatic carbocycles. The van der Waals surface area contributed by atoms with Gasteiger partial charge in [-0.2, -0.15) is 21.6 Å². The summed E-state index contributed by atoms with van der Waals surface area (Å²) in [6.45, 7) is 11.2. The van der Waals surface area contributed by atoms with E-state index in [1.54, 1.807) is 70.9 Å². The van der Waals surface area contributed by atoms with Crippen LogP contribution in [0.4, 0.5) is 13.2 Å². The van der Waals surface area contributed by atoms with E-state index in [4.69, 9.17) is 40.0 Å². The minimum Gasteiger partial charge on any atom is -0.508 e. The molecule has 12 aromatic rings. The zero-order chi connectivity index (χ0) is 75.0. The lowest BCUT2D eigenvalue weighted by Crippen LogP contribution is -2.28. The van der Waals surface area contributed by atoms with Crippen molar-refractivity contribution in [2.45, 2.75) is 130 Å². The molecule has 4 aliphatic rings. The van der Waals surface area contributed by atoms with Gasteiger partial charge in [0.2, 0.25) is 0 Å². The van der Waals surface area contributed by atoms with Crippen molar-refractivity contribution in [3.8, 4) is 96.3 Å². The van der Waals surface area contributed by atoms with Crippen LogP contribution >= 0.6 is 11.6 Å². The van der Waals surface area contributed by atoms with E-state index in [0.29, 0.717) is 39.5 Å². The van der Waals surface area contributed by atoms with Crippen molar-refractivity contribution in [1.82, 2.24) is 0 Å². The van der Waals surface area contributed by atoms with Crippen molar-refractivity contribution in [3.05, 3.63) is 229 Å². The van der Waals surface area contributed by atoms with Gasteiger partial charge in [0.05, 0.1) is 47.7 Å². The molecule has 548 valence electrons. The quantitative estimate of drug-likeness (QED) is 0.0627. The Morgan fingerprint density at radius 2 is 0.717 bits per heavy atom. The number of phenolic OH excluding ortho intramolecular Hbond substituents is 2. The average molecular weight is 1470 g/mol. The van der Waals surface area contributed by atoms with Crippen LogP contribution in [0.1, 0.15) is 139 Å². The summed E-state index contributed by atoms with van der Waals surface area (Å²) in [6.07, 6.45) is 13.9. The summed E-state index contributed by atoms with van der Waals surface area (Å²) in [5.74, 6) is 4.86. The highest BCUT2D eigenvalue weighted by Gasteiger charge is 2.49. The Bertz CT molecular complexity index is 5550. The lowest BCUT2D eigenvalue weighted by molar-refractivity contribution is -0.0499. The fourth-order valence-electron chi connectivity index (χ4n) is 16.5. The number of phenols is 2. The van der Waals surface area contributed by atoms with E-state index in [0.717, 1.165) is 112 Å². The first-order valence-corrected chi connectivity index (χ1v) is 38.2. The molecule has 0 atom stereocenters. The van der Waals surface area contributed by atoms with Gasteiger partial charge in [0.25, 0.3) is 0 Å². The molecule has 0 heterocycles. The van der Waals surface area contributed by atoms with Crippen molar-refractivity contribution < 1.29 is 64.4 Å². The molecule has 0 fully saturated rings. The van der Waals surface area contributed by atoms with Crippen LogP contribution < -0.4 is 32.6 Å². The summed E-state index contributed by atoms with van der Waals surface area (Å²) in [5.41, 5.74) is 20.3. The lowest BCUT2D eigenvalue weighted by Gasteiger charge is -2.19. The predicted octanol–water partition coefficient (Wildman–Crippen LogP) is 22.8. The van der Waals surface area contributed by atoms with E-state index < -0.39 is 21.4 Å². The number of aromatic hydroxyl groups is 2. The van der Waals surface area contributed by atoms with Gasteiger partial charge in [-0.1, -0.05) is 121 Å². The van der Waals surface area contributed by atoms with Gasteiger partial charge in [0.15, 0.2) is 5.75 Å². The Kier molecular flexibility index (Phi) is 21.5. The number of halogens is 4. The summed E-state index contributed by atoms with van der Waals surface area (Å²) < 4.78 is 99.8. The molecular formula is C90H88ClF3O11S. The Hall–Kier alpha value is -10.1. The van der Waals surface area contributed by atoms with Crippen molar-refractivity contribution in [2.24, 2.45) is 0 Å². The van der Waals surface area contributed by atoms with Crippen LogP contribution in [0, 0.1) is 0 Å². The molecule has 0 aromatic heterocycles. The van der Waals surface area contributed by atoms with Gasteiger partial charge in [-0.05, 0) is 299 Å². The third-order valence-electron chi connectivity index (χ3n) is 21.1. The third kappa shape index (κ3) is 13.7. The monoisotopic (exact) mass is 1470 g/mol. The third-order valence-corrected chi connectivity index (χ3v) is 22.5. The Morgan fingerprint density at radius 3 is 1.23 bits per heavy atom. The van der Waals surface area contributed by atoms with Crippen LogP contribution in [0.5, 0.6) is 51.7 Å². The Labute approximate surface area is 623 Å². The van der Waals surface area contributed by atoms with Gasteiger partial charge < -0.3 is 42.8 Å². The van der Waals surface area contributed by atoms with E-state index in [1.807, 2.05) is 18.2 Å². The van der Waals surface area contributed by atoms with Crippen LogP contribution in [-0.4, -0.2) is 66.8 Å². The maximum absolute atomic E-state index is 13.1. The number of alkyl halides is 3. The molecule has 16 rings (SSSR count). The van der Waals surface area contributed by atoms with Gasteiger partial charge in [0, 0.05) is 28.3 Å². The zero-order valence-corrected chi connectivity index (χ0v) is 63.4. The second kappa shape index (κ2) is 30.8. The second-order valence-electron chi connectivity index (χ2n) is 27.5. The van der Waals surface area contributed by atoms with Gasteiger partial charge in [-0.3, -0.25) is 0 Å². The molecule has 4 aliphatic carbocycles. The van der Waals surface area contributed by atoms with Gasteiger partial charge >= 0.3 is 15.6 Å². The number of hydrogen-bond donors (Lipinski definition) is 2. The second-order valence-corrected chi connectivity index (χ2v) is 29.4. The normalized spacial score (nSPS) is 12.5. The standard InChI is InChI=1S/C25H28O2.C23H24O2.C22H22O2.C20H14ClF3O5S/c1-5-7-20-23-15-18(27-4)10-12-21(23)22(8-6-2)25-19-11-9-17(26-3)13-16(19)14-24(20)25;1-3-5-18-21-13-16(25)8-10-19(21)20(6-4-2)23-17-9-7-15(24)11-14(17)12-22(18)23;1-4-5-19-20-13-17(24-3)7-6-14(20)11-21-18-9-8-16(23-2)10-15(18)12-22(19)21;1-27-11-3-5-13-10(7-11)8-16-17(13)18(21)14-6-4-12(28-2)9-15(14)19(16)29-30(25,26)20(22,23)24/h9-13,15H,5-8,14H2,1-4H3;7-11,13,24-25H,3-6,12H2,1-2H3;6-11,13H,4-5,12H2,1-3H3;3-7,9H,8H2,1-2H3. The predicted molar refractivity (Wildman–Crippen MR) is 422 cm³/mol. The highest BCUT2D eigenvalue weighted by atomic mass is 35.5. The van der Waals surface area contributed by atoms with Gasteiger partial charge in [-0.15, -0.1) is 0 Å². The number of methoxy groups -OCH3 is 6. The molecule has 0 amide bonds. The Balaban J connectivity index is 0.000000125. The van der Waals surface area contributed by atoms with Crippen molar-refractivity contribution in [2.75, 3.05) is 42.7 Å². The first-order valence-electron chi connectivity index (χ1n) is 36.4. The summed E-state index contributed by atoms with van der Waals surface area (Å²) in [4.78, 5) is 0. The van der Waals surface area contributed by atoms with Gasteiger partial charge in [0.1, 0.15) is 46.0 Å². The van der Waals surface area contributed by atoms with Crippen molar-refractivity contribution in [3.63, 3.8) is 0 Å². The molecule has 0 unspecified atom stereocenters. The molecule has 0 saturated heterocycles. The number of aryl methyl sites for hydroxylation is 5. The van der Waals surface area contributed by atoms with E-state index in [2.05, 4.69) is 124 Å². The fourth-order valence-corrected chi connectivity index (χ4v) is 17.4. The molecular weight excluding hydrogens is 1380 g/mol. The molecule has 16 heteroatoms. The Morgan fingerprint density at radius 1 is 0.358 bits per heavy atom. The molecule has 0 aliphatic heterocycles. The molecule has 0 radical (unpaired) electrons. The zero-order valence-electron chi connectivity index (χ0n) is 61.8. The first kappa shape index (κ1) is 74.2.